The SMILES string of the molecule is COc1ccc(OC)c(C(N)Cc2ccccc2C)c1. The van der Waals surface area contributed by atoms with Gasteiger partial charge in [-0.05, 0) is 42.7 Å². The van der Waals surface area contributed by atoms with Gasteiger partial charge in [0, 0.05) is 11.6 Å². The molecule has 0 spiro atoms. The number of methoxy groups -OCH3 is 2. The highest BCUT2D eigenvalue weighted by atomic mass is 16.5. The second kappa shape index (κ2) is 6.44. The Bertz CT molecular complexity index is 581. The minimum atomic E-state index is -0.124. The third kappa shape index (κ3) is 3.11. The summed E-state index contributed by atoms with van der Waals surface area (Å²) in [7, 11) is 3.31. The Labute approximate surface area is 120 Å². The van der Waals surface area contributed by atoms with Gasteiger partial charge in [0.15, 0.2) is 0 Å². The smallest absolute Gasteiger partial charge is 0.123 e. The largest absolute Gasteiger partial charge is 0.497 e. The van der Waals surface area contributed by atoms with Gasteiger partial charge >= 0.3 is 0 Å². The Kier molecular flexibility index (Phi) is 4.64. The lowest BCUT2D eigenvalue weighted by Gasteiger charge is -2.18. The van der Waals surface area contributed by atoms with Gasteiger partial charge in [-0.25, -0.2) is 0 Å². The van der Waals surface area contributed by atoms with Crippen LogP contribution in [0.4, 0.5) is 0 Å². The third-order valence-electron chi connectivity index (χ3n) is 3.54. The van der Waals surface area contributed by atoms with E-state index in [9.17, 15) is 0 Å². The Morgan fingerprint density at radius 3 is 2.45 bits per heavy atom. The topological polar surface area (TPSA) is 44.5 Å². The van der Waals surface area contributed by atoms with E-state index in [0.29, 0.717) is 0 Å². The van der Waals surface area contributed by atoms with Crippen molar-refractivity contribution in [1.82, 2.24) is 0 Å². The highest BCUT2D eigenvalue weighted by molar-refractivity contribution is 5.43. The predicted octanol–water partition coefficient (Wildman–Crippen LogP) is 3.25. The number of nitrogens with two attached hydrogens (primary N) is 1. The highest BCUT2D eigenvalue weighted by Gasteiger charge is 2.14. The Morgan fingerprint density at radius 1 is 1.05 bits per heavy atom. The van der Waals surface area contributed by atoms with Crippen molar-refractivity contribution in [3.05, 3.63) is 59.2 Å². The molecule has 2 aromatic rings. The van der Waals surface area contributed by atoms with Gasteiger partial charge in [-0.1, -0.05) is 24.3 Å². The maximum Gasteiger partial charge on any atom is 0.123 e. The molecular formula is C17H21NO2. The molecule has 2 aromatic carbocycles. The summed E-state index contributed by atoms with van der Waals surface area (Å²) in [6.45, 7) is 2.10. The van der Waals surface area contributed by atoms with Crippen molar-refractivity contribution < 1.29 is 9.47 Å². The molecule has 0 saturated carbocycles. The van der Waals surface area contributed by atoms with Gasteiger partial charge in [-0.2, -0.15) is 0 Å². The lowest BCUT2D eigenvalue weighted by molar-refractivity contribution is 0.395. The molecular weight excluding hydrogens is 250 g/mol. The molecule has 0 radical (unpaired) electrons. The Hall–Kier alpha value is -2.00. The van der Waals surface area contributed by atoms with Crippen LogP contribution in [0, 0.1) is 6.92 Å². The van der Waals surface area contributed by atoms with E-state index < -0.39 is 0 Å². The van der Waals surface area contributed by atoms with Crippen molar-refractivity contribution in [2.75, 3.05) is 14.2 Å². The second-order valence-corrected chi connectivity index (χ2v) is 4.84. The van der Waals surface area contributed by atoms with Crippen LogP contribution in [0.25, 0.3) is 0 Å². The average Bonchev–Trinajstić information content (AvgIpc) is 2.48. The van der Waals surface area contributed by atoms with Crippen molar-refractivity contribution >= 4 is 0 Å². The molecule has 1 unspecified atom stereocenters. The lowest BCUT2D eigenvalue weighted by Crippen LogP contribution is -2.15. The van der Waals surface area contributed by atoms with Crippen LogP contribution >= 0.6 is 0 Å². The summed E-state index contributed by atoms with van der Waals surface area (Å²) in [5.74, 6) is 1.59. The van der Waals surface area contributed by atoms with Gasteiger partial charge < -0.3 is 15.2 Å². The van der Waals surface area contributed by atoms with E-state index in [4.69, 9.17) is 15.2 Å². The standard InChI is InChI=1S/C17H21NO2/c1-12-6-4-5-7-13(12)10-16(18)15-11-14(19-2)8-9-17(15)20-3/h4-9,11,16H,10,18H2,1-3H3. The van der Waals surface area contributed by atoms with Gasteiger partial charge in [0.2, 0.25) is 0 Å². The van der Waals surface area contributed by atoms with E-state index in [-0.39, 0.29) is 6.04 Å². The lowest BCUT2D eigenvalue weighted by atomic mass is 9.96. The summed E-state index contributed by atoms with van der Waals surface area (Å²) in [6.07, 6.45) is 0.774. The molecule has 0 aliphatic carbocycles. The molecule has 0 saturated heterocycles. The van der Waals surface area contributed by atoms with Crippen LogP contribution in [-0.4, -0.2) is 14.2 Å². The van der Waals surface area contributed by atoms with Gasteiger partial charge in [-0.3, -0.25) is 0 Å². The molecule has 1 atom stereocenters. The summed E-state index contributed by atoms with van der Waals surface area (Å²) >= 11 is 0. The van der Waals surface area contributed by atoms with E-state index in [1.54, 1.807) is 14.2 Å². The monoisotopic (exact) mass is 271 g/mol. The van der Waals surface area contributed by atoms with Crippen LogP contribution in [0.5, 0.6) is 11.5 Å². The summed E-state index contributed by atoms with van der Waals surface area (Å²) in [4.78, 5) is 0. The molecule has 0 heterocycles. The van der Waals surface area contributed by atoms with Crippen molar-refractivity contribution in [3.63, 3.8) is 0 Å². The minimum absolute atomic E-state index is 0.124. The number of aryl methyl sites for hydroxylation is 1. The number of benzene rings is 2. The number of hydrogen-bond acceptors (Lipinski definition) is 3. The van der Waals surface area contributed by atoms with Crippen LogP contribution in [0.15, 0.2) is 42.5 Å². The summed E-state index contributed by atoms with van der Waals surface area (Å²) < 4.78 is 10.7. The summed E-state index contributed by atoms with van der Waals surface area (Å²) in [5, 5.41) is 0. The highest BCUT2D eigenvalue weighted by Crippen LogP contribution is 2.30. The van der Waals surface area contributed by atoms with Crippen LogP contribution < -0.4 is 15.2 Å². The molecule has 106 valence electrons. The molecule has 0 aromatic heterocycles. The van der Waals surface area contributed by atoms with E-state index in [1.807, 2.05) is 30.3 Å². The second-order valence-electron chi connectivity index (χ2n) is 4.84. The van der Waals surface area contributed by atoms with E-state index >= 15 is 0 Å². The van der Waals surface area contributed by atoms with E-state index in [1.165, 1.54) is 11.1 Å². The molecule has 2 rings (SSSR count). The zero-order valence-electron chi connectivity index (χ0n) is 12.2. The van der Waals surface area contributed by atoms with Crippen molar-refractivity contribution in [3.8, 4) is 11.5 Å². The van der Waals surface area contributed by atoms with Crippen LogP contribution in [0.1, 0.15) is 22.7 Å². The third-order valence-corrected chi connectivity index (χ3v) is 3.54. The molecule has 0 aliphatic heterocycles. The molecule has 2 N–H and O–H groups in total. The quantitative estimate of drug-likeness (QED) is 0.908. The van der Waals surface area contributed by atoms with E-state index in [0.717, 1.165) is 23.5 Å². The molecule has 20 heavy (non-hydrogen) atoms. The van der Waals surface area contributed by atoms with Crippen molar-refractivity contribution in [1.29, 1.82) is 0 Å². The first-order valence-corrected chi connectivity index (χ1v) is 6.67. The molecule has 0 fully saturated rings. The molecule has 3 nitrogen and oxygen atoms in total. The Balaban J connectivity index is 2.28. The van der Waals surface area contributed by atoms with Crippen LogP contribution in [0.2, 0.25) is 0 Å². The van der Waals surface area contributed by atoms with Crippen molar-refractivity contribution in [2.24, 2.45) is 5.73 Å². The molecule has 0 bridgehead atoms. The molecule has 0 amide bonds. The minimum Gasteiger partial charge on any atom is -0.497 e. The fourth-order valence-corrected chi connectivity index (χ4v) is 2.32. The number of rotatable bonds is 5. The fraction of sp³-hybridized carbons (Fsp3) is 0.294. The first-order chi connectivity index (χ1) is 9.65. The number of hydrogen-bond donors (Lipinski definition) is 1. The summed E-state index contributed by atoms with van der Waals surface area (Å²) in [5.41, 5.74) is 9.84. The first kappa shape index (κ1) is 14.4. The summed E-state index contributed by atoms with van der Waals surface area (Å²) in [6, 6.07) is 13.9. The zero-order valence-corrected chi connectivity index (χ0v) is 12.2. The maximum absolute atomic E-state index is 6.36. The van der Waals surface area contributed by atoms with Crippen LogP contribution in [0.3, 0.4) is 0 Å². The normalized spacial score (nSPS) is 12.0. The van der Waals surface area contributed by atoms with Crippen molar-refractivity contribution in [2.45, 2.75) is 19.4 Å². The van der Waals surface area contributed by atoms with E-state index in [2.05, 4.69) is 19.1 Å². The number of ether oxygens (including phenoxy) is 2. The molecule has 3 heteroatoms. The molecule has 0 aliphatic rings. The Morgan fingerprint density at radius 2 is 1.80 bits per heavy atom. The van der Waals surface area contributed by atoms with Crippen LogP contribution in [-0.2, 0) is 6.42 Å². The predicted molar refractivity (Wildman–Crippen MR) is 81.4 cm³/mol. The van der Waals surface area contributed by atoms with Gasteiger partial charge in [0.1, 0.15) is 11.5 Å². The van der Waals surface area contributed by atoms with Gasteiger partial charge in [0.25, 0.3) is 0 Å². The average molecular weight is 271 g/mol. The first-order valence-electron chi connectivity index (χ1n) is 6.67. The van der Waals surface area contributed by atoms with Gasteiger partial charge in [0.05, 0.1) is 14.2 Å². The maximum atomic E-state index is 6.36. The zero-order chi connectivity index (χ0) is 14.5. The fourth-order valence-electron chi connectivity index (χ4n) is 2.32. The van der Waals surface area contributed by atoms with Gasteiger partial charge in [-0.15, -0.1) is 0 Å².